The summed E-state index contributed by atoms with van der Waals surface area (Å²) in [6, 6.07) is -1.15. The summed E-state index contributed by atoms with van der Waals surface area (Å²) in [6.45, 7) is 3.03. The van der Waals surface area contributed by atoms with Crippen molar-refractivity contribution < 1.29 is 57.0 Å². The highest BCUT2D eigenvalue weighted by atomic mass is 32.3. The maximum Gasteiger partial charge on any atom is 0.397 e. The molecule has 1 fully saturated rings. The molecule has 14 heteroatoms. The molecular formula is C40H69NO12S. The van der Waals surface area contributed by atoms with Crippen LogP contribution in [-0.4, -0.2) is 107 Å². The van der Waals surface area contributed by atoms with Gasteiger partial charge in [-0.15, -0.1) is 0 Å². The molecule has 1 saturated heterocycles. The third-order valence-electron chi connectivity index (χ3n) is 8.87. The van der Waals surface area contributed by atoms with Gasteiger partial charge in [0, 0.05) is 0 Å². The summed E-state index contributed by atoms with van der Waals surface area (Å²) >= 11 is 0. The summed E-state index contributed by atoms with van der Waals surface area (Å²) in [5.74, 6) is -0.735. The van der Waals surface area contributed by atoms with Crippen LogP contribution in [0.2, 0.25) is 0 Å². The van der Waals surface area contributed by atoms with E-state index in [0.29, 0.717) is 12.8 Å². The number of allylic oxidation sites excluding steroid dienone is 9. The van der Waals surface area contributed by atoms with E-state index in [4.69, 9.17) is 14.0 Å². The highest BCUT2D eigenvalue weighted by Crippen LogP contribution is 2.26. The number of nitrogens with one attached hydrogen (secondary N) is 1. The Hall–Kier alpha value is -2.24. The Labute approximate surface area is 323 Å². The fourth-order valence-corrected chi connectivity index (χ4v) is 6.17. The number of carbonyl (C=O) groups is 1. The summed E-state index contributed by atoms with van der Waals surface area (Å²) in [7, 11) is -5.12. The molecule has 54 heavy (non-hydrogen) atoms. The molecule has 312 valence electrons. The second-order valence-corrected chi connectivity index (χ2v) is 14.7. The molecule has 13 nitrogen and oxygen atoms in total. The minimum absolute atomic E-state index is 0.212. The zero-order valence-electron chi connectivity index (χ0n) is 32.4. The van der Waals surface area contributed by atoms with Gasteiger partial charge in [0.05, 0.1) is 25.4 Å². The van der Waals surface area contributed by atoms with Crippen LogP contribution in [0.15, 0.2) is 60.8 Å². The van der Waals surface area contributed by atoms with E-state index in [9.17, 15) is 38.7 Å². The summed E-state index contributed by atoms with van der Waals surface area (Å²) in [5, 5.41) is 54.8. The maximum absolute atomic E-state index is 13.0. The first-order valence-electron chi connectivity index (χ1n) is 19.8. The average Bonchev–Trinajstić information content (AvgIpc) is 3.14. The molecule has 1 heterocycles. The van der Waals surface area contributed by atoms with Gasteiger partial charge in [-0.2, -0.15) is 8.42 Å². The smallest absolute Gasteiger partial charge is 0.394 e. The van der Waals surface area contributed by atoms with Crippen molar-refractivity contribution >= 4 is 16.3 Å². The maximum atomic E-state index is 13.0. The van der Waals surface area contributed by atoms with Crippen molar-refractivity contribution in [1.82, 2.24) is 5.32 Å². The Morgan fingerprint density at radius 3 is 1.93 bits per heavy atom. The SMILES string of the molecule is CCC/C=C/CC/C=C/CC/C=C/C(O)C(COC1OC(CO)C(O)C(OS(=O)(=O)O)C1O)NC(=O)C(O)CCCCCCC/C=C\C=C/CCCCC. The third kappa shape index (κ3) is 23.6. The number of hydrogen-bond donors (Lipinski definition) is 7. The topological polar surface area (TPSA) is 212 Å². The van der Waals surface area contributed by atoms with E-state index in [1.807, 2.05) is 6.08 Å². The predicted octanol–water partition coefficient (Wildman–Crippen LogP) is 5.29. The van der Waals surface area contributed by atoms with Crippen LogP contribution in [-0.2, 0) is 28.9 Å². The molecule has 0 saturated carbocycles. The van der Waals surface area contributed by atoms with E-state index < -0.39 is 78.5 Å². The summed E-state index contributed by atoms with van der Waals surface area (Å²) in [5.41, 5.74) is 0. The van der Waals surface area contributed by atoms with E-state index in [2.05, 4.69) is 65.9 Å². The molecule has 0 aromatic carbocycles. The summed E-state index contributed by atoms with van der Waals surface area (Å²) in [6.07, 6.45) is 24.7. The molecular weight excluding hydrogens is 719 g/mol. The molecule has 0 aromatic heterocycles. The largest absolute Gasteiger partial charge is 0.397 e. The molecule has 8 atom stereocenters. The number of hydrogen-bond acceptors (Lipinski definition) is 11. The van der Waals surface area contributed by atoms with Gasteiger partial charge in [0.2, 0.25) is 5.91 Å². The molecule has 8 unspecified atom stereocenters. The van der Waals surface area contributed by atoms with Crippen molar-refractivity contribution in [2.24, 2.45) is 0 Å². The lowest BCUT2D eigenvalue weighted by atomic mass is 9.99. The number of rotatable bonds is 31. The van der Waals surface area contributed by atoms with Crippen molar-refractivity contribution in [3.8, 4) is 0 Å². The lowest BCUT2D eigenvalue weighted by molar-refractivity contribution is -0.298. The number of ether oxygens (including phenoxy) is 2. The first-order chi connectivity index (χ1) is 25.9. The van der Waals surface area contributed by atoms with Crippen molar-refractivity contribution in [2.45, 2.75) is 172 Å². The minimum atomic E-state index is -5.12. The molecule has 0 spiro atoms. The fourth-order valence-electron chi connectivity index (χ4n) is 5.66. The fraction of sp³-hybridized carbons (Fsp3) is 0.725. The summed E-state index contributed by atoms with van der Waals surface area (Å²) in [4.78, 5) is 13.0. The van der Waals surface area contributed by atoms with Crippen molar-refractivity contribution in [2.75, 3.05) is 13.2 Å². The predicted molar refractivity (Wildman–Crippen MR) is 210 cm³/mol. The molecule has 0 bridgehead atoms. The number of amides is 1. The van der Waals surface area contributed by atoms with Gasteiger partial charge in [-0.3, -0.25) is 9.35 Å². The molecule has 7 N–H and O–H groups in total. The molecule has 1 aliphatic rings. The van der Waals surface area contributed by atoms with Crippen LogP contribution in [0.5, 0.6) is 0 Å². The van der Waals surface area contributed by atoms with Crippen LogP contribution in [0.3, 0.4) is 0 Å². The van der Waals surface area contributed by atoms with Crippen LogP contribution >= 0.6 is 0 Å². The number of unbranched alkanes of at least 4 members (excludes halogenated alkanes) is 11. The normalized spacial score (nSPS) is 23.0. The second-order valence-electron chi connectivity index (χ2n) is 13.7. The van der Waals surface area contributed by atoms with Gasteiger partial charge in [-0.25, -0.2) is 4.18 Å². The van der Waals surface area contributed by atoms with Gasteiger partial charge in [-0.05, 0) is 64.2 Å². The number of aliphatic hydroxyl groups is 5. The Balaban J connectivity index is 2.73. The van der Waals surface area contributed by atoms with Crippen molar-refractivity contribution in [3.63, 3.8) is 0 Å². The van der Waals surface area contributed by atoms with Gasteiger partial charge in [0.25, 0.3) is 0 Å². The van der Waals surface area contributed by atoms with Gasteiger partial charge < -0.3 is 40.3 Å². The second kappa shape index (κ2) is 30.9. The van der Waals surface area contributed by atoms with Gasteiger partial charge in [0.1, 0.15) is 30.5 Å². The first-order valence-corrected chi connectivity index (χ1v) is 21.2. The Kier molecular flexibility index (Phi) is 28.5. The third-order valence-corrected chi connectivity index (χ3v) is 9.33. The standard InChI is InChI=1S/C40H69NO12S/c1-3-5-7-9-11-13-15-16-17-19-21-23-25-27-29-34(44)39(47)41-32(33(43)28-26-24-22-20-18-14-12-10-8-6-4-2)31-51-40-37(46)38(53-54(48,49)50)36(45)35(30-42)52-40/h8,10-11,13,15-16,18,20,26,28,32-38,40,42-46H,3-7,9,12,14,17,19,21-25,27,29-31H2,1-2H3,(H,41,47)(H,48,49,50)/b10-8+,13-11-,16-15-,20-18+,28-26+. The van der Waals surface area contributed by atoms with E-state index in [1.54, 1.807) is 6.08 Å². The van der Waals surface area contributed by atoms with Crippen LogP contribution < -0.4 is 5.32 Å². The van der Waals surface area contributed by atoms with Gasteiger partial charge >= 0.3 is 10.4 Å². The van der Waals surface area contributed by atoms with Crippen molar-refractivity contribution in [1.29, 1.82) is 0 Å². The molecule has 0 aliphatic carbocycles. The minimum Gasteiger partial charge on any atom is -0.394 e. The average molecular weight is 788 g/mol. The molecule has 0 radical (unpaired) electrons. The molecule has 0 aromatic rings. The Bertz CT molecular complexity index is 1220. The monoisotopic (exact) mass is 787 g/mol. The quantitative estimate of drug-likeness (QED) is 0.0207. The van der Waals surface area contributed by atoms with Crippen LogP contribution in [0.4, 0.5) is 0 Å². The Morgan fingerprint density at radius 2 is 1.33 bits per heavy atom. The van der Waals surface area contributed by atoms with Crippen LogP contribution in [0.25, 0.3) is 0 Å². The molecule has 1 amide bonds. The lowest BCUT2D eigenvalue weighted by Gasteiger charge is -2.41. The highest BCUT2D eigenvalue weighted by Gasteiger charge is 2.48. The highest BCUT2D eigenvalue weighted by molar-refractivity contribution is 7.80. The molecule has 1 aliphatic heterocycles. The summed E-state index contributed by atoms with van der Waals surface area (Å²) < 4.78 is 47.2. The van der Waals surface area contributed by atoms with E-state index in [1.165, 1.54) is 25.3 Å². The van der Waals surface area contributed by atoms with Crippen LogP contribution in [0.1, 0.15) is 123 Å². The van der Waals surface area contributed by atoms with E-state index in [-0.39, 0.29) is 6.42 Å². The van der Waals surface area contributed by atoms with Gasteiger partial charge in [0.15, 0.2) is 6.29 Å². The number of carbonyl (C=O) groups excluding carboxylic acids is 1. The Morgan fingerprint density at radius 1 is 0.759 bits per heavy atom. The number of aliphatic hydroxyl groups excluding tert-OH is 5. The zero-order chi connectivity index (χ0) is 40.0. The van der Waals surface area contributed by atoms with E-state index in [0.717, 1.165) is 70.6 Å². The lowest BCUT2D eigenvalue weighted by Crippen LogP contribution is -2.61. The van der Waals surface area contributed by atoms with Crippen molar-refractivity contribution in [3.05, 3.63) is 60.8 Å². The first kappa shape index (κ1) is 49.8. The zero-order valence-corrected chi connectivity index (χ0v) is 33.2. The van der Waals surface area contributed by atoms with Gasteiger partial charge in [-0.1, -0.05) is 120 Å². The van der Waals surface area contributed by atoms with Crippen LogP contribution in [0, 0.1) is 0 Å². The molecule has 1 rings (SSSR count). The van der Waals surface area contributed by atoms with E-state index >= 15 is 0 Å².